The number of carbonyl (C=O) groups is 1. The van der Waals surface area contributed by atoms with Crippen LogP contribution in [0.5, 0.6) is 0 Å². The summed E-state index contributed by atoms with van der Waals surface area (Å²) in [5.41, 5.74) is 0.422. The van der Waals surface area contributed by atoms with Crippen LogP contribution in [0.2, 0.25) is 0 Å². The summed E-state index contributed by atoms with van der Waals surface area (Å²) in [4.78, 5) is 11.1. The number of ether oxygens (including phenoxy) is 1. The molecule has 3 nitrogen and oxygen atoms in total. The van der Waals surface area contributed by atoms with Crippen molar-refractivity contribution in [2.75, 3.05) is 6.61 Å². The molecular formula is C9H8O3. The van der Waals surface area contributed by atoms with Gasteiger partial charge >= 0.3 is 5.97 Å². The smallest absolute Gasteiger partial charge is 0.342 e. The van der Waals surface area contributed by atoms with Crippen molar-refractivity contribution in [3.8, 4) is 12.3 Å². The predicted octanol–water partition coefficient (Wildman–Crippen LogP) is 1.38. The molecule has 0 aliphatic carbocycles. The lowest BCUT2D eigenvalue weighted by Crippen LogP contribution is -2.05. The Hall–Kier alpha value is -1.69. The molecule has 0 aliphatic rings. The summed E-state index contributed by atoms with van der Waals surface area (Å²) in [5.74, 6) is 2.30. The summed E-state index contributed by atoms with van der Waals surface area (Å²) >= 11 is 0. The monoisotopic (exact) mass is 164 g/mol. The van der Waals surface area contributed by atoms with Crippen molar-refractivity contribution in [3.63, 3.8) is 0 Å². The van der Waals surface area contributed by atoms with Gasteiger partial charge in [-0.1, -0.05) is 5.92 Å². The summed E-state index contributed by atoms with van der Waals surface area (Å²) in [6, 6.07) is 1.55. The van der Waals surface area contributed by atoms with E-state index in [-0.39, 0.29) is 6.61 Å². The molecule has 0 bridgehead atoms. The van der Waals surface area contributed by atoms with Crippen molar-refractivity contribution < 1.29 is 13.9 Å². The van der Waals surface area contributed by atoms with Crippen LogP contribution in [0.4, 0.5) is 0 Å². The normalized spacial score (nSPS) is 9.00. The highest BCUT2D eigenvalue weighted by atomic mass is 16.5. The highest BCUT2D eigenvalue weighted by molar-refractivity contribution is 5.90. The summed E-state index contributed by atoms with van der Waals surface area (Å²) in [7, 11) is 0. The molecule has 1 aromatic heterocycles. The van der Waals surface area contributed by atoms with Gasteiger partial charge < -0.3 is 9.15 Å². The van der Waals surface area contributed by atoms with Crippen LogP contribution in [0.3, 0.4) is 0 Å². The molecule has 0 atom stereocenters. The van der Waals surface area contributed by atoms with Gasteiger partial charge in [-0.05, 0) is 13.0 Å². The number of carbonyl (C=O) groups excluding carboxylic acids is 1. The van der Waals surface area contributed by atoms with Crippen molar-refractivity contribution in [3.05, 3.63) is 23.7 Å². The maximum atomic E-state index is 11.1. The lowest BCUT2D eigenvalue weighted by Gasteiger charge is -1.97. The standard InChI is InChI=1S/C9H8O3/c1-3-5-12-9(10)8-4-6-11-7(8)2/h1,4,6H,5H2,2H3. The fourth-order valence-electron chi connectivity index (χ4n) is 0.782. The van der Waals surface area contributed by atoms with E-state index in [0.717, 1.165) is 0 Å². The first kappa shape index (κ1) is 8.41. The molecule has 0 radical (unpaired) electrons. The molecule has 0 unspecified atom stereocenters. The van der Waals surface area contributed by atoms with Gasteiger partial charge in [0.05, 0.1) is 6.26 Å². The van der Waals surface area contributed by atoms with Crippen LogP contribution in [-0.4, -0.2) is 12.6 Å². The average molecular weight is 164 g/mol. The quantitative estimate of drug-likeness (QED) is 0.489. The van der Waals surface area contributed by atoms with Crippen molar-refractivity contribution in [1.29, 1.82) is 0 Å². The Balaban J connectivity index is 2.67. The SMILES string of the molecule is C#CCOC(=O)c1ccoc1C. The van der Waals surface area contributed by atoms with Crippen LogP contribution >= 0.6 is 0 Å². The largest absolute Gasteiger partial charge is 0.469 e. The number of terminal acetylenes is 1. The van der Waals surface area contributed by atoms with Crippen LogP contribution in [0.1, 0.15) is 16.1 Å². The first-order chi connectivity index (χ1) is 5.75. The van der Waals surface area contributed by atoms with Gasteiger partial charge in [0.15, 0.2) is 6.61 Å². The fourth-order valence-corrected chi connectivity index (χ4v) is 0.782. The zero-order chi connectivity index (χ0) is 8.97. The van der Waals surface area contributed by atoms with E-state index in [4.69, 9.17) is 10.8 Å². The Morgan fingerprint density at radius 3 is 3.08 bits per heavy atom. The van der Waals surface area contributed by atoms with E-state index in [1.54, 1.807) is 13.0 Å². The third kappa shape index (κ3) is 1.67. The molecule has 0 N–H and O–H groups in total. The molecule has 3 heteroatoms. The number of hydrogen-bond acceptors (Lipinski definition) is 3. The third-order valence-electron chi connectivity index (χ3n) is 1.37. The summed E-state index contributed by atoms with van der Waals surface area (Å²) in [6.07, 6.45) is 6.35. The molecule has 62 valence electrons. The molecule has 1 heterocycles. The molecule has 0 saturated heterocycles. The van der Waals surface area contributed by atoms with E-state index in [2.05, 4.69) is 10.7 Å². The molecule has 0 amide bonds. The molecule has 12 heavy (non-hydrogen) atoms. The second kappa shape index (κ2) is 3.63. The lowest BCUT2D eigenvalue weighted by molar-refractivity contribution is 0.0555. The van der Waals surface area contributed by atoms with Gasteiger partial charge in [0.2, 0.25) is 0 Å². The average Bonchev–Trinajstić information content (AvgIpc) is 2.47. The van der Waals surface area contributed by atoms with E-state index in [0.29, 0.717) is 11.3 Å². The van der Waals surface area contributed by atoms with Crippen LogP contribution in [0.25, 0.3) is 0 Å². The van der Waals surface area contributed by atoms with Gasteiger partial charge in [-0.3, -0.25) is 0 Å². The van der Waals surface area contributed by atoms with E-state index < -0.39 is 5.97 Å². The van der Waals surface area contributed by atoms with Crippen LogP contribution in [-0.2, 0) is 4.74 Å². The first-order valence-electron chi connectivity index (χ1n) is 3.40. The number of aryl methyl sites for hydroxylation is 1. The van der Waals surface area contributed by atoms with Crippen LogP contribution in [0.15, 0.2) is 16.7 Å². The number of furan rings is 1. The van der Waals surface area contributed by atoms with Crippen LogP contribution in [0, 0.1) is 19.3 Å². The lowest BCUT2D eigenvalue weighted by atomic mass is 10.3. The Labute approximate surface area is 70.3 Å². The Kier molecular flexibility index (Phi) is 2.54. The Bertz CT molecular complexity index is 317. The molecule has 0 spiro atoms. The topological polar surface area (TPSA) is 39.4 Å². The minimum absolute atomic E-state index is 0.0105. The van der Waals surface area contributed by atoms with Crippen molar-refractivity contribution in [1.82, 2.24) is 0 Å². The van der Waals surface area contributed by atoms with Crippen LogP contribution < -0.4 is 0 Å². The molecule has 1 rings (SSSR count). The highest BCUT2D eigenvalue weighted by Crippen LogP contribution is 2.09. The Morgan fingerprint density at radius 2 is 2.58 bits per heavy atom. The second-order valence-electron chi connectivity index (χ2n) is 2.17. The molecule has 0 fully saturated rings. The van der Waals surface area contributed by atoms with E-state index >= 15 is 0 Å². The molecular weight excluding hydrogens is 156 g/mol. The van der Waals surface area contributed by atoms with Gasteiger partial charge in [-0.25, -0.2) is 4.79 Å². The maximum absolute atomic E-state index is 11.1. The summed E-state index contributed by atoms with van der Waals surface area (Å²) < 4.78 is 9.59. The minimum atomic E-state index is -0.445. The van der Waals surface area contributed by atoms with E-state index in [1.807, 2.05) is 0 Å². The first-order valence-corrected chi connectivity index (χ1v) is 3.40. The summed E-state index contributed by atoms with van der Waals surface area (Å²) in [5, 5.41) is 0. The van der Waals surface area contributed by atoms with Gasteiger partial charge in [-0.15, -0.1) is 6.42 Å². The van der Waals surface area contributed by atoms with Gasteiger partial charge in [0.25, 0.3) is 0 Å². The number of rotatable bonds is 2. The molecule has 0 aromatic carbocycles. The van der Waals surface area contributed by atoms with Gasteiger partial charge in [0, 0.05) is 0 Å². The number of esters is 1. The summed E-state index contributed by atoms with van der Waals surface area (Å²) in [6.45, 7) is 1.68. The third-order valence-corrected chi connectivity index (χ3v) is 1.37. The number of hydrogen-bond donors (Lipinski definition) is 0. The van der Waals surface area contributed by atoms with Crippen molar-refractivity contribution in [2.45, 2.75) is 6.92 Å². The van der Waals surface area contributed by atoms with E-state index in [9.17, 15) is 4.79 Å². The molecule has 1 aromatic rings. The minimum Gasteiger partial charge on any atom is -0.469 e. The highest BCUT2D eigenvalue weighted by Gasteiger charge is 2.11. The zero-order valence-electron chi connectivity index (χ0n) is 6.66. The Morgan fingerprint density at radius 1 is 1.83 bits per heavy atom. The maximum Gasteiger partial charge on any atom is 0.342 e. The van der Waals surface area contributed by atoms with Gasteiger partial charge in [0.1, 0.15) is 11.3 Å². The van der Waals surface area contributed by atoms with Crippen molar-refractivity contribution in [2.24, 2.45) is 0 Å². The molecule has 0 aliphatic heterocycles. The van der Waals surface area contributed by atoms with E-state index in [1.165, 1.54) is 6.26 Å². The fraction of sp³-hybridized carbons (Fsp3) is 0.222. The second-order valence-corrected chi connectivity index (χ2v) is 2.17. The van der Waals surface area contributed by atoms with Crippen molar-refractivity contribution >= 4 is 5.97 Å². The molecule has 0 saturated carbocycles. The predicted molar refractivity (Wildman–Crippen MR) is 42.6 cm³/mol. The zero-order valence-corrected chi connectivity index (χ0v) is 6.66. The van der Waals surface area contributed by atoms with Gasteiger partial charge in [-0.2, -0.15) is 0 Å².